The molecule has 1 atom stereocenters. The van der Waals surface area contributed by atoms with Gasteiger partial charge in [0.2, 0.25) is 0 Å². The number of ether oxygens (including phenoxy) is 2. The number of carbonyl (C=O) groups is 2. The standard InChI is InChI=1S/C24H24N4O5/c1-32-17-4-5-18(19(14-17)33-2)22(29)20-21(16-6-8-25-9-7-16)28(24(31)23(20)30)12-3-11-27-13-10-26-15-27/h4-10,13-15,21,29H,3,11-12H2,1-2H3. The lowest BCUT2D eigenvalue weighted by atomic mass is 9.95. The van der Waals surface area contributed by atoms with Gasteiger partial charge in [-0.3, -0.25) is 14.6 Å². The van der Waals surface area contributed by atoms with E-state index in [0.29, 0.717) is 42.1 Å². The summed E-state index contributed by atoms with van der Waals surface area (Å²) in [5.74, 6) is -0.835. The SMILES string of the molecule is COc1ccc(C(O)=C2C(=O)C(=O)N(CCCn3ccnc3)C2c2ccncc2)c(OC)c1. The Labute approximate surface area is 190 Å². The van der Waals surface area contributed by atoms with Crippen LogP contribution >= 0.6 is 0 Å². The van der Waals surface area contributed by atoms with Crippen LogP contribution < -0.4 is 9.47 Å². The molecular weight excluding hydrogens is 424 g/mol. The molecule has 1 saturated heterocycles. The lowest BCUT2D eigenvalue weighted by molar-refractivity contribution is -0.139. The Balaban J connectivity index is 1.75. The molecule has 0 spiro atoms. The first kappa shape index (κ1) is 22.1. The van der Waals surface area contributed by atoms with Crippen molar-refractivity contribution >= 4 is 17.4 Å². The lowest BCUT2D eigenvalue weighted by Crippen LogP contribution is -2.31. The maximum absolute atomic E-state index is 13.1. The van der Waals surface area contributed by atoms with E-state index >= 15 is 0 Å². The van der Waals surface area contributed by atoms with Crippen molar-refractivity contribution in [1.82, 2.24) is 19.4 Å². The summed E-state index contributed by atoms with van der Waals surface area (Å²) in [5.41, 5.74) is 0.993. The summed E-state index contributed by atoms with van der Waals surface area (Å²) in [5, 5.41) is 11.2. The van der Waals surface area contributed by atoms with Crippen molar-refractivity contribution in [2.45, 2.75) is 19.0 Å². The topological polar surface area (TPSA) is 107 Å². The number of hydrogen-bond donors (Lipinski definition) is 1. The molecule has 1 amide bonds. The molecule has 1 aliphatic heterocycles. The molecule has 1 aromatic carbocycles. The summed E-state index contributed by atoms with van der Waals surface area (Å²) in [6, 6.07) is 7.58. The van der Waals surface area contributed by atoms with Crippen LogP contribution in [-0.4, -0.2) is 57.0 Å². The predicted octanol–water partition coefficient (Wildman–Crippen LogP) is 2.81. The second-order valence-electron chi connectivity index (χ2n) is 7.49. The fourth-order valence-corrected chi connectivity index (χ4v) is 3.98. The lowest BCUT2D eigenvalue weighted by Gasteiger charge is -2.25. The molecule has 0 saturated carbocycles. The molecule has 1 aliphatic rings. The molecule has 0 bridgehead atoms. The number of aliphatic hydroxyl groups excluding tert-OH is 1. The molecule has 0 aliphatic carbocycles. The van der Waals surface area contributed by atoms with Crippen molar-refractivity contribution in [2.24, 2.45) is 0 Å². The Hall–Kier alpha value is -4.14. The van der Waals surface area contributed by atoms with Crippen LogP contribution in [0.25, 0.3) is 5.76 Å². The van der Waals surface area contributed by atoms with E-state index in [1.165, 1.54) is 19.1 Å². The molecule has 0 radical (unpaired) electrons. The number of pyridine rings is 1. The van der Waals surface area contributed by atoms with E-state index < -0.39 is 17.7 Å². The Bertz CT molecular complexity index is 1170. The highest BCUT2D eigenvalue weighted by Gasteiger charge is 2.46. The third kappa shape index (κ3) is 4.30. The highest BCUT2D eigenvalue weighted by molar-refractivity contribution is 6.46. The third-order valence-electron chi connectivity index (χ3n) is 5.60. The van der Waals surface area contributed by atoms with Crippen molar-refractivity contribution in [2.75, 3.05) is 20.8 Å². The summed E-state index contributed by atoms with van der Waals surface area (Å²) < 4.78 is 12.5. The first-order chi connectivity index (χ1) is 16.0. The Morgan fingerprint density at radius 1 is 1.03 bits per heavy atom. The number of hydrogen-bond acceptors (Lipinski definition) is 7. The number of carbonyl (C=O) groups excluding carboxylic acids is 2. The number of aliphatic hydroxyl groups is 1. The van der Waals surface area contributed by atoms with E-state index in [1.807, 2.05) is 10.8 Å². The van der Waals surface area contributed by atoms with Gasteiger partial charge >= 0.3 is 0 Å². The van der Waals surface area contributed by atoms with Gasteiger partial charge in [-0.15, -0.1) is 0 Å². The van der Waals surface area contributed by atoms with Crippen LogP contribution in [0.2, 0.25) is 0 Å². The molecule has 3 heterocycles. The molecule has 2 aromatic heterocycles. The van der Waals surface area contributed by atoms with Crippen molar-refractivity contribution in [3.63, 3.8) is 0 Å². The molecule has 4 rings (SSSR count). The summed E-state index contributed by atoms with van der Waals surface area (Å²) in [4.78, 5) is 35.7. The number of rotatable bonds is 8. The quantitative estimate of drug-likeness (QED) is 0.321. The van der Waals surface area contributed by atoms with Crippen molar-refractivity contribution < 1.29 is 24.2 Å². The molecule has 1 fully saturated rings. The number of Topliss-reactive ketones (excluding diaryl/α,β-unsaturated/α-hetero) is 1. The zero-order chi connectivity index (χ0) is 23.4. The zero-order valence-corrected chi connectivity index (χ0v) is 18.3. The average Bonchev–Trinajstić information content (AvgIpc) is 3.46. The number of imidazole rings is 1. The first-order valence-corrected chi connectivity index (χ1v) is 10.4. The fourth-order valence-electron chi connectivity index (χ4n) is 3.98. The van der Waals surface area contributed by atoms with Crippen LogP contribution in [0.4, 0.5) is 0 Å². The highest BCUT2D eigenvalue weighted by Crippen LogP contribution is 2.41. The van der Waals surface area contributed by atoms with E-state index in [2.05, 4.69) is 9.97 Å². The van der Waals surface area contributed by atoms with Gasteiger partial charge in [-0.2, -0.15) is 0 Å². The molecule has 9 heteroatoms. The smallest absolute Gasteiger partial charge is 0.295 e. The molecule has 1 N–H and O–H groups in total. The number of benzene rings is 1. The van der Waals surface area contributed by atoms with Gasteiger partial charge in [0, 0.05) is 43.9 Å². The van der Waals surface area contributed by atoms with Crippen LogP contribution in [0.5, 0.6) is 11.5 Å². The van der Waals surface area contributed by atoms with Gasteiger partial charge < -0.3 is 24.0 Å². The summed E-state index contributed by atoms with van der Waals surface area (Å²) in [7, 11) is 2.98. The van der Waals surface area contributed by atoms with E-state index in [0.717, 1.165) is 0 Å². The van der Waals surface area contributed by atoms with Crippen molar-refractivity contribution in [1.29, 1.82) is 0 Å². The van der Waals surface area contributed by atoms with Crippen LogP contribution in [0.15, 0.2) is 67.0 Å². The van der Waals surface area contributed by atoms with Crippen LogP contribution in [0.1, 0.15) is 23.6 Å². The number of nitrogens with zero attached hydrogens (tertiary/aromatic N) is 4. The summed E-state index contributed by atoms with van der Waals surface area (Å²) >= 11 is 0. The monoisotopic (exact) mass is 448 g/mol. The van der Waals surface area contributed by atoms with Crippen LogP contribution in [0, 0.1) is 0 Å². The van der Waals surface area contributed by atoms with Gasteiger partial charge in [-0.1, -0.05) is 0 Å². The van der Waals surface area contributed by atoms with Gasteiger partial charge in [-0.25, -0.2) is 4.98 Å². The van der Waals surface area contributed by atoms with Gasteiger partial charge in [0.25, 0.3) is 11.7 Å². The zero-order valence-electron chi connectivity index (χ0n) is 18.3. The molecule has 3 aromatic rings. The Morgan fingerprint density at radius 2 is 1.82 bits per heavy atom. The Kier molecular flexibility index (Phi) is 6.39. The minimum absolute atomic E-state index is 0.0114. The maximum Gasteiger partial charge on any atom is 0.295 e. The van der Waals surface area contributed by atoms with E-state index in [9.17, 15) is 14.7 Å². The predicted molar refractivity (Wildman–Crippen MR) is 120 cm³/mol. The Morgan fingerprint density at radius 3 is 2.48 bits per heavy atom. The molecule has 170 valence electrons. The summed E-state index contributed by atoms with van der Waals surface area (Å²) in [6.45, 7) is 0.963. The fraction of sp³-hybridized carbons (Fsp3) is 0.250. The van der Waals surface area contributed by atoms with Crippen molar-refractivity contribution in [3.05, 3.63) is 78.1 Å². The third-order valence-corrected chi connectivity index (χ3v) is 5.60. The second kappa shape index (κ2) is 9.56. The van der Waals surface area contributed by atoms with Gasteiger partial charge in [0.15, 0.2) is 0 Å². The number of amides is 1. The van der Waals surface area contributed by atoms with Gasteiger partial charge in [0.05, 0.1) is 37.7 Å². The molecule has 33 heavy (non-hydrogen) atoms. The summed E-state index contributed by atoms with van der Waals surface area (Å²) in [6.07, 6.45) is 9.01. The maximum atomic E-state index is 13.1. The van der Waals surface area contributed by atoms with E-state index in [4.69, 9.17) is 9.47 Å². The van der Waals surface area contributed by atoms with Crippen molar-refractivity contribution in [3.8, 4) is 11.5 Å². The number of ketones is 1. The molecular formula is C24H24N4O5. The number of aromatic nitrogens is 3. The van der Waals surface area contributed by atoms with Crippen LogP contribution in [-0.2, 0) is 16.1 Å². The number of likely N-dealkylation sites (tertiary alicyclic amines) is 1. The van der Waals surface area contributed by atoms with Gasteiger partial charge in [-0.05, 0) is 36.2 Å². The van der Waals surface area contributed by atoms with Crippen LogP contribution in [0.3, 0.4) is 0 Å². The van der Waals surface area contributed by atoms with E-state index in [-0.39, 0.29) is 11.3 Å². The first-order valence-electron chi connectivity index (χ1n) is 10.4. The largest absolute Gasteiger partial charge is 0.507 e. The highest BCUT2D eigenvalue weighted by atomic mass is 16.5. The number of aryl methyl sites for hydroxylation is 1. The number of methoxy groups -OCH3 is 2. The minimum atomic E-state index is -0.748. The van der Waals surface area contributed by atoms with Gasteiger partial charge in [0.1, 0.15) is 17.3 Å². The molecule has 1 unspecified atom stereocenters. The normalized spacial score (nSPS) is 17.4. The van der Waals surface area contributed by atoms with E-state index in [1.54, 1.807) is 55.2 Å². The average molecular weight is 448 g/mol. The second-order valence-corrected chi connectivity index (χ2v) is 7.49. The minimum Gasteiger partial charge on any atom is -0.507 e. The molecule has 9 nitrogen and oxygen atoms in total.